The molecule has 10 aromatic rings. The SMILES string of the molecule is N#Cc1cccc(-n2c3ccccc3c3cc(-c4ccc5c(c4)c4ccccc4n5-c4cc(-c5ccccc5)cc(-c5ccccc5)c4)ccc32)c1. The Morgan fingerprint density at radius 1 is 0.308 bits per heavy atom. The van der Waals surface area contributed by atoms with Gasteiger partial charge in [-0.1, -0.05) is 115 Å². The zero-order chi connectivity index (χ0) is 34.6. The molecule has 2 heterocycles. The second-order valence-electron chi connectivity index (χ2n) is 13.3. The van der Waals surface area contributed by atoms with Gasteiger partial charge in [0.15, 0.2) is 0 Å². The van der Waals surface area contributed by atoms with Crippen LogP contribution < -0.4 is 0 Å². The van der Waals surface area contributed by atoms with Crippen LogP contribution in [0.4, 0.5) is 0 Å². The maximum Gasteiger partial charge on any atom is 0.0992 e. The molecule has 0 bridgehead atoms. The number of fused-ring (bicyclic) bond motifs is 6. The third-order valence-electron chi connectivity index (χ3n) is 10.3. The molecule has 0 amide bonds. The Morgan fingerprint density at radius 2 is 0.788 bits per heavy atom. The van der Waals surface area contributed by atoms with Gasteiger partial charge in [0.25, 0.3) is 0 Å². The van der Waals surface area contributed by atoms with Crippen LogP contribution in [0, 0.1) is 11.3 Å². The first-order valence-corrected chi connectivity index (χ1v) is 17.6. The number of benzene rings is 8. The Morgan fingerprint density at radius 3 is 1.33 bits per heavy atom. The van der Waals surface area contributed by atoms with Crippen molar-refractivity contribution < 1.29 is 0 Å². The number of nitriles is 1. The highest BCUT2D eigenvalue weighted by Crippen LogP contribution is 2.39. The first kappa shape index (κ1) is 29.7. The van der Waals surface area contributed by atoms with Gasteiger partial charge >= 0.3 is 0 Å². The lowest BCUT2D eigenvalue weighted by molar-refractivity contribution is 1.18. The van der Waals surface area contributed by atoms with Gasteiger partial charge < -0.3 is 9.13 Å². The molecule has 0 radical (unpaired) electrons. The molecule has 0 spiro atoms. The van der Waals surface area contributed by atoms with Gasteiger partial charge in [-0.2, -0.15) is 5.26 Å². The van der Waals surface area contributed by atoms with Crippen molar-refractivity contribution in [2.75, 3.05) is 0 Å². The van der Waals surface area contributed by atoms with Crippen molar-refractivity contribution in [2.24, 2.45) is 0 Å². The monoisotopic (exact) mass is 661 g/mol. The van der Waals surface area contributed by atoms with E-state index in [2.05, 4.69) is 185 Å². The minimum absolute atomic E-state index is 0.649. The maximum atomic E-state index is 9.61. The lowest BCUT2D eigenvalue weighted by atomic mass is 9.98. The predicted molar refractivity (Wildman–Crippen MR) is 216 cm³/mol. The number of rotatable bonds is 5. The Kier molecular flexibility index (Phi) is 6.87. The second-order valence-corrected chi connectivity index (χ2v) is 13.3. The zero-order valence-electron chi connectivity index (χ0n) is 28.2. The lowest BCUT2D eigenvalue weighted by Gasteiger charge is -2.14. The zero-order valence-corrected chi connectivity index (χ0v) is 28.2. The van der Waals surface area contributed by atoms with Crippen LogP contribution in [0.3, 0.4) is 0 Å². The molecule has 0 unspecified atom stereocenters. The van der Waals surface area contributed by atoms with Crippen molar-refractivity contribution in [3.63, 3.8) is 0 Å². The fourth-order valence-corrected chi connectivity index (χ4v) is 7.91. The molecule has 0 atom stereocenters. The Bertz CT molecular complexity index is 2960. The largest absolute Gasteiger partial charge is 0.309 e. The highest BCUT2D eigenvalue weighted by molar-refractivity contribution is 6.12. The highest BCUT2D eigenvalue weighted by Gasteiger charge is 2.17. The van der Waals surface area contributed by atoms with Crippen LogP contribution in [0.15, 0.2) is 188 Å². The van der Waals surface area contributed by atoms with Gasteiger partial charge in [-0.25, -0.2) is 0 Å². The van der Waals surface area contributed by atoms with E-state index in [1.54, 1.807) is 0 Å². The first-order valence-electron chi connectivity index (χ1n) is 17.6. The van der Waals surface area contributed by atoms with E-state index < -0.39 is 0 Å². The van der Waals surface area contributed by atoms with Crippen molar-refractivity contribution in [3.8, 4) is 50.8 Å². The highest BCUT2D eigenvalue weighted by atomic mass is 15.0. The Labute approximate surface area is 301 Å². The molecule has 8 aromatic carbocycles. The van der Waals surface area contributed by atoms with Crippen LogP contribution in [0.5, 0.6) is 0 Å². The molecule has 0 aliphatic heterocycles. The van der Waals surface area contributed by atoms with Crippen molar-refractivity contribution in [2.45, 2.75) is 0 Å². The Hall–Kier alpha value is -7.15. The summed E-state index contributed by atoms with van der Waals surface area (Å²) in [6, 6.07) is 69.3. The van der Waals surface area contributed by atoms with E-state index in [0.717, 1.165) is 28.0 Å². The molecule has 10 rings (SSSR count). The molecule has 3 nitrogen and oxygen atoms in total. The minimum Gasteiger partial charge on any atom is -0.309 e. The third kappa shape index (κ3) is 4.81. The summed E-state index contributed by atoms with van der Waals surface area (Å²) in [5.74, 6) is 0. The summed E-state index contributed by atoms with van der Waals surface area (Å²) in [6.45, 7) is 0. The molecule has 242 valence electrons. The van der Waals surface area contributed by atoms with Crippen molar-refractivity contribution in [3.05, 3.63) is 194 Å². The molecule has 0 fully saturated rings. The van der Waals surface area contributed by atoms with Crippen LogP contribution in [0.2, 0.25) is 0 Å². The van der Waals surface area contributed by atoms with E-state index in [1.807, 2.05) is 18.2 Å². The quantitative estimate of drug-likeness (QED) is 0.181. The summed E-state index contributed by atoms with van der Waals surface area (Å²) in [5, 5.41) is 14.4. The fourth-order valence-electron chi connectivity index (χ4n) is 7.91. The van der Waals surface area contributed by atoms with Crippen LogP contribution in [-0.4, -0.2) is 9.13 Å². The number of aromatic nitrogens is 2. The molecule has 0 aliphatic rings. The van der Waals surface area contributed by atoms with E-state index in [0.29, 0.717) is 5.56 Å². The third-order valence-corrected chi connectivity index (χ3v) is 10.3. The summed E-state index contributed by atoms with van der Waals surface area (Å²) in [5.41, 5.74) is 14.4. The standard InChI is InChI=1S/C49H31N3/c50-32-33-12-11-17-40(26-33)51-46-20-9-7-18-42(46)44-30-36(22-24-48(44)51)37-23-25-49-45(31-37)43-19-8-10-21-47(43)52(49)41-28-38(34-13-3-1-4-14-34)27-39(29-41)35-15-5-2-6-16-35/h1-31H. The maximum absolute atomic E-state index is 9.61. The van der Waals surface area contributed by atoms with Crippen LogP contribution in [0.25, 0.3) is 88.4 Å². The van der Waals surface area contributed by atoms with E-state index in [4.69, 9.17) is 0 Å². The summed E-state index contributed by atoms with van der Waals surface area (Å²) < 4.78 is 4.68. The number of nitrogens with zero attached hydrogens (tertiary/aromatic N) is 3. The topological polar surface area (TPSA) is 33.6 Å². The summed E-state index contributed by atoms with van der Waals surface area (Å²) in [6.07, 6.45) is 0. The molecule has 0 aliphatic carbocycles. The minimum atomic E-state index is 0.649. The van der Waals surface area contributed by atoms with Gasteiger partial charge in [0, 0.05) is 32.9 Å². The molecular formula is C49H31N3. The normalized spacial score (nSPS) is 11.4. The summed E-state index contributed by atoms with van der Waals surface area (Å²) in [4.78, 5) is 0. The molecule has 0 saturated heterocycles. The van der Waals surface area contributed by atoms with Crippen molar-refractivity contribution >= 4 is 43.6 Å². The van der Waals surface area contributed by atoms with E-state index >= 15 is 0 Å². The molecule has 0 saturated carbocycles. The second kappa shape index (κ2) is 12.0. The van der Waals surface area contributed by atoms with Crippen molar-refractivity contribution in [1.29, 1.82) is 5.26 Å². The van der Waals surface area contributed by atoms with Crippen LogP contribution in [-0.2, 0) is 0 Å². The van der Waals surface area contributed by atoms with E-state index in [-0.39, 0.29) is 0 Å². The van der Waals surface area contributed by atoms with E-state index in [9.17, 15) is 5.26 Å². The molecular weight excluding hydrogens is 631 g/mol. The molecule has 2 aromatic heterocycles. The van der Waals surface area contributed by atoms with Gasteiger partial charge in [-0.15, -0.1) is 0 Å². The average Bonchev–Trinajstić information content (AvgIpc) is 3.73. The molecule has 3 heteroatoms. The van der Waals surface area contributed by atoms with Gasteiger partial charge in [0.2, 0.25) is 0 Å². The van der Waals surface area contributed by atoms with E-state index in [1.165, 1.54) is 60.4 Å². The fraction of sp³-hybridized carbons (Fsp3) is 0. The summed E-state index contributed by atoms with van der Waals surface area (Å²) >= 11 is 0. The van der Waals surface area contributed by atoms with Gasteiger partial charge in [0.05, 0.1) is 33.7 Å². The van der Waals surface area contributed by atoms with Crippen LogP contribution in [0.1, 0.15) is 5.56 Å². The van der Waals surface area contributed by atoms with Gasteiger partial charge in [-0.3, -0.25) is 0 Å². The summed E-state index contributed by atoms with van der Waals surface area (Å²) in [7, 11) is 0. The van der Waals surface area contributed by atoms with Gasteiger partial charge in [0.1, 0.15) is 0 Å². The predicted octanol–water partition coefficient (Wildman–Crippen LogP) is 12.8. The van der Waals surface area contributed by atoms with Crippen molar-refractivity contribution in [1.82, 2.24) is 9.13 Å². The Balaban J connectivity index is 1.16. The average molecular weight is 662 g/mol. The first-order chi connectivity index (χ1) is 25.7. The number of hydrogen-bond acceptors (Lipinski definition) is 1. The molecule has 0 N–H and O–H groups in total. The number of hydrogen-bond donors (Lipinski definition) is 0. The number of para-hydroxylation sites is 2. The lowest BCUT2D eigenvalue weighted by Crippen LogP contribution is -1.96. The van der Waals surface area contributed by atoms with Gasteiger partial charge in [-0.05, 0) is 106 Å². The van der Waals surface area contributed by atoms with Crippen LogP contribution >= 0.6 is 0 Å². The smallest absolute Gasteiger partial charge is 0.0992 e. The molecule has 52 heavy (non-hydrogen) atoms.